The number of benzene rings is 1. The van der Waals surface area contributed by atoms with Crippen LogP contribution >= 0.6 is 0 Å². The fourth-order valence-corrected chi connectivity index (χ4v) is 1.88. The number of rotatable bonds is 6. The average molecular weight is 261 g/mol. The van der Waals surface area contributed by atoms with Crippen LogP contribution in [0, 0.1) is 0 Å². The maximum absolute atomic E-state index is 5.36. The van der Waals surface area contributed by atoms with Crippen LogP contribution in [-0.4, -0.2) is 14.2 Å². The van der Waals surface area contributed by atoms with Gasteiger partial charge in [-0.3, -0.25) is 0 Å². The molecule has 0 unspecified atom stereocenters. The van der Waals surface area contributed by atoms with Crippen LogP contribution in [0.15, 0.2) is 41.0 Å². The first-order valence-electron chi connectivity index (χ1n) is 6.21. The molecule has 0 spiro atoms. The molecular weight excluding hydrogens is 242 g/mol. The quantitative estimate of drug-likeness (QED) is 0.867. The Hall–Kier alpha value is -1.94. The Morgan fingerprint density at radius 1 is 1.16 bits per heavy atom. The third kappa shape index (κ3) is 3.51. The number of hydrogen-bond donors (Lipinski definition) is 1. The Balaban J connectivity index is 2.02. The van der Waals surface area contributed by atoms with Gasteiger partial charge in [0.15, 0.2) is 0 Å². The van der Waals surface area contributed by atoms with Gasteiger partial charge in [0.2, 0.25) is 0 Å². The Morgan fingerprint density at radius 3 is 2.37 bits per heavy atom. The molecular formula is C15H19NO3. The molecule has 0 saturated heterocycles. The molecule has 19 heavy (non-hydrogen) atoms. The minimum absolute atomic E-state index is 0.159. The van der Waals surface area contributed by atoms with Crippen LogP contribution in [0.1, 0.15) is 24.3 Å². The summed E-state index contributed by atoms with van der Waals surface area (Å²) in [6.07, 6.45) is 1.68. The zero-order chi connectivity index (χ0) is 13.7. The number of methoxy groups -OCH3 is 2. The number of furan rings is 1. The summed E-state index contributed by atoms with van der Waals surface area (Å²) in [5.41, 5.74) is 1.11. The summed E-state index contributed by atoms with van der Waals surface area (Å²) in [5.74, 6) is 2.51. The molecule has 0 radical (unpaired) electrons. The highest BCUT2D eigenvalue weighted by molar-refractivity contribution is 5.38. The van der Waals surface area contributed by atoms with Crippen LogP contribution in [0.2, 0.25) is 0 Å². The zero-order valence-electron chi connectivity index (χ0n) is 11.5. The van der Waals surface area contributed by atoms with Crippen molar-refractivity contribution in [3.63, 3.8) is 0 Å². The van der Waals surface area contributed by atoms with Crippen molar-refractivity contribution in [3.05, 3.63) is 47.9 Å². The van der Waals surface area contributed by atoms with Crippen LogP contribution in [0.5, 0.6) is 11.5 Å². The number of nitrogens with one attached hydrogen (secondary N) is 1. The molecule has 1 aromatic heterocycles. The van der Waals surface area contributed by atoms with E-state index in [9.17, 15) is 0 Å². The van der Waals surface area contributed by atoms with Crippen molar-refractivity contribution in [2.24, 2.45) is 0 Å². The summed E-state index contributed by atoms with van der Waals surface area (Å²) in [4.78, 5) is 0. The van der Waals surface area contributed by atoms with E-state index in [0.717, 1.165) is 29.4 Å². The smallest absolute Gasteiger partial charge is 0.122 e. The SMILES string of the molecule is COc1cc(CN[C@H](C)c2ccco2)cc(OC)c1. The van der Waals surface area contributed by atoms with Crippen LogP contribution in [-0.2, 0) is 6.54 Å². The number of ether oxygens (including phenoxy) is 2. The van der Waals surface area contributed by atoms with E-state index in [0.29, 0.717) is 0 Å². The molecule has 1 heterocycles. The van der Waals surface area contributed by atoms with E-state index >= 15 is 0 Å². The van der Waals surface area contributed by atoms with Crippen molar-refractivity contribution in [1.29, 1.82) is 0 Å². The highest BCUT2D eigenvalue weighted by atomic mass is 16.5. The fraction of sp³-hybridized carbons (Fsp3) is 0.333. The minimum Gasteiger partial charge on any atom is -0.497 e. The summed E-state index contributed by atoms with van der Waals surface area (Å²) in [5, 5.41) is 3.40. The lowest BCUT2D eigenvalue weighted by molar-refractivity contribution is 0.392. The van der Waals surface area contributed by atoms with E-state index in [1.54, 1.807) is 20.5 Å². The van der Waals surface area contributed by atoms with Gasteiger partial charge in [0.05, 0.1) is 26.5 Å². The average Bonchev–Trinajstić information content (AvgIpc) is 2.98. The van der Waals surface area contributed by atoms with Crippen molar-refractivity contribution >= 4 is 0 Å². The molecule has 0 saturated carbocycles. The summed E-state index contributed by atoms with van der Waals surface area (Å²) in [6.45, 7) is 2.78. The molecule has 0 fully saturated rings. The van der Waals surface area contributed by atoms with Gasteiger partial charge in [0.25, 0.3) is 0 Å². The van der Waals surface area contributed by atoms with E-state index < -0.39 is 0 Å². The standard InChI is InChI=1S/C15H19NO3/c1-11(15-5-4-6-19-15)16-10-12-7-13(17-2)9-14(8-12)18-3/h4-9,11,16H,10H2,1-3H3/t11-/m1/s1. The van der Waals surface area contributed by atoms with Gasteiger partial charge in [-0.15, -0.1) is 0 Å². The van der Waals surface area contributed by atoms with Gasteiger partial charge in [-0.2, -0.15) is 0 Å². The third-order valence-corrected chi connectivity index (χ3v) is 2.99. The van der Waals surface area contributed by atoms with E-state index in [4.69, 9.17) is 13.9 Å². The molecule has 1 atom stereocenters. The molecule has 0 aliphatic heterocycles. The first-order valence-corrected chi connectivity index (χ1v) is 6.21. The normalized spacial score (nSPS) is 12.2. The first-order chi connectivity index (χ1) is 9.22. The van der Waals surface area contributed by atoms with E-state index in [1.807, 2.05) is 30.3 Å². The van der Waals surface area contributed by atoms with E-state index in [2.05, 4.69) is 12.2 Å². The van der Waals surface area contributed by atoms with Crippen molar-refractivity contribution in [2.75, 3.05) is 14.2 Å². The van der Waals surface area contributed by atoms with Crippen molar-refractivity contribution in [3.8, 4) is 11.5 Å². The highest BCUT2D eigenvalue weighted by Gasteiger charge is 2.08. The summed E-state index contributed by atoms with van der Waals surface area (Å²) >= 11 is 0. The molecule has 0 amide bonds. The minimum atomic E-state index is 0.159. The maximum atomic E-state index is 5.36. The van der Waals surface area contributed by atoms with Crippen LogP contribution < -0.4 is 14.8 Å². The van der Waals surface area contributed by atoms with Crippen LogP contribution in [0.4, 0.5) is 0 Å². The molecule has 0 bridgehead atoms. The second-order valence-corrected chi connectivity index (χ2v) is 4.34. The lowest BCUT2D eigenvalue weighted by Gasteiger charge is -2.13. The lowest BCUT2D eigenvalue weighted by Crippen LogP contribution is -2.17. The topological polar surface area (TPSA) is 43.6 Å². The maximum Gasteiger partial charge on any atom is 0.122 e. The molecule has 0 aliphatic carbocycles. The predicted molar refractivity (Wildman–Crippen MR) is 73.5 cm³/mol. The molecule has 4 heteroatoms. The van der Waals surface area contributed by atoms with Gasteiger partial charge >= 0.3 is 0 Å². The second-order valence-electron chi connectivity index (χ2n) is 4.34. The van der Waals surface area contributed by atoms with Crippen LogP contribution in [0.3, 0.4) is 0 Å². The Morgan fingerprint density at radius 2 is 1.84 bits per heavy atom. The Kier molecular flexibility index (Phi) is 4.47. The largest absolute Gasteiger partial charge is 0.497 e. The van der Waals surface area contributed by atoms with Gasteiger partial charge < -0.3 is 19.2 Å². The first kappa shape index (κ1) is 13.5. The Bertz CT molecular complexity index is 486. The van der Waals surface area contributed by atoms with Gasteiger partial charge in [-0.25, -0.2) is 0 Å². The molecule has 2 rings (SSSR count). The molecule has 0 aliphatic rings. The van der Waals surface area contributed by atoms with E-state index in [1.165, 1.54) is 0 Å². The Labute approximate surface area is 113 Å². The molecule has 1 aromatic carbocycles. The fourth-order valence-electron chi connectivity index (χ4n) is 1.88. The van der Waals surface area contributed by atoms with Crippen molar-refractivity contribution < 1.29 is 13.9 Å². The zero-order valence-corrected chi connectivity index (χ0v) is 11.5. The van der Waals surface area contributed by atoms with E-state index in [-0.39, 0.29) is 6.04 Å². The number of hydrogen-bond acceptors (Lipinski definition) is 4. The monoisotopic (exact) mass is 261 g/mol. The van der Waals surface area contributed by atoms with Gasteiger partial charge in [-0.1, -0.05) is 0 Å². The summed E-state index contributed by atoms with van der Waals surface area (Å²) in [6, 6.07) is 9.85. The molecule has 102 valence electrons. The molecule has 4 nitrogen and oxygen atoms in total. The summed E-state index contributed by atoms with van der Waals surface area (Å²) in [7, 11) is 3.30. The van der Waals surface area contributed by atoms with Gasteiger partial charge in [0.1, 0.15) is 17.3 Å². The highest BCUT2D eigenvalue weighted by Crippen LogP contribution is 2.23. The summed E-state index contributed by atoms with van der Waals surface area (Å²) < 4.78 is 15.9. The second kappa shape index (κ2) is 6.29. The lowest BCUT2D eigenvalue weighted by atomic mass is 10.1. The third-order valence-electron chi connectivity index (χ3n) is 2.99. The van der Waals surface area contributed by atoms with Crippen molar-refractivity contribution in [1.82, 2.24) is 5.32 Å². The van der Waals surface area contributed by atoms with Crippen molar-refractivity contribution in [2.45, 2.75) is 19.5 Å². The predicted octanol–water partition coefficient (Wildman–Crippen LogP) is 3.15. The van der Waals surface area contributed by atoms with Gasteiger partial charge in [0, 0.05) is 12.6 Å². The molecule has 2 aromatic rings. The van der Waals surface area contributed by atoms with Crippen LogP contribution in [0.25, 0.3) is 0 Å². The molecule has 1 N–H and O–H groups in total. The van der Waals surface area contributed by atoms with Gasteiger partial charge in [-0.05, 0) is 36.8 Å².